The van der Waals surface area contributed by atoms with Crippen molar-refractivity contribution >= 4 is 5.97 Å². The van der Waals surface area contributed by atoms with Crippen molar-refractivity contribution in [1.82, 2.24) is 0 Å². The molecule has 1 rings (SSSR count). The molecule has 0 aromatic heterocycles. The van der Waals surface area contributed by atoms with Crippen LogP contribution >= 0.6 is 0 Å². The van der Waals surface area contributed by atoms with E-state index in [1.54, 1.807) is 6.92 Å². The molecule has 0 saturated carbocycles. The monoisotopic (exact) mass is 186 g/mol. The van der Waals surface area contributed by atoms with Crippen molar-refractivity contribution in [3.63, 3.8) is 0 Å². The summed E-state index contributed by atoms with van der Waals surface area (Å²) in [6.45, 7) is 5.83. The third-order valence-electron chi connectivity index (χ3n) is 2.41. The van der Waals surface area contributed by atoms with E-state index in [0.717, 1.165) is 6.42 Å². The van der Waals surface area contributed by atoms with Crippen LogP contribution in [-0.2, 0) is 9.53 Å². The first-order valence-electron chi connectivity index (χ1n) is 4.89. The van der Waals surface area contributed by atoms with Crippen LogP contribution in [0.3, 0.4) is 0 Å². The summed E-state index contributed by atoms with van der Waals surface area (Å²) in [5.41, 5.74) is 0. The Hall–Kier alpha value is -0.570. The van der Waals surface area contributed by atoms with Crippen LogP contribution in [0.5, 0.6) is 0 Å². The molecule has 1 N–H and O–H groups in total. The van der Waals surface area contributed by atoms with E-state index in [2.05, 4.69) is 13.8 Å². The second-order valence-electron chi connectivity index (χ2n) is 4.28. The van der Waals surface area contributed by atoms with Gasteiger partial charge in [-0.05, 0) is 19.3 Å². The van der Waals surface area contributed by atoms with E-state index >= 15 is 0 Å². The van der Waals surface area contributed by atoms with E-state index in [1.165, 1.54) is 0 Å². The van der Waals surface area contributed by atoms with Crippen molar-refractivity contribution in [3.8, 4) is 0 Å². The molecule has 3 unspecified atom stereocenters. The predicted octanol–water partition coefficient (Wildman–Crippen LogP) is 1.34. The lowest BCUT2D eigenvalue weighted by Crippen LogP contribution is -2.21. The van der Waals surface area contributed by atoms with Gasteiger partial charge in [-0.2, -0.15) is 0 Å². The summed E-state index contributed by atoms with van der Waals surface area (Å²) in [6, 6.07) is 0. The van der Waals surface area contributed by atoms with Crippen LogP contribution in [0.15, 0.2) is 0 Å². The molecule has 0 spiro atoms. The second kappa shape index (κ2) is 4.09. The van der Waals surface area contributed by atoms with Crippen molar-refractivity contribution in [1.29, 1.82) is 0 Å². The summed E-state index contributed by atoms with van der Waals surface area (Å²) < 4.78 is 5.05. The maximum absolute atomic E-state index is 11.3. The average Bonchev–Trinajstić information content (AvgIpc) is 2.31. The predicted molar refractivity (Wildman–Crippen MR) is 49.1 cm³/mol. The highest BCUT2D eigenvalue weighted by Crippen LogP contribution is 2.28. The highest BCUT2D eigenvalue weighted by Gasteiger charge is 2.36. The first-order valence-corrected chi connectivity index (χ1v) is 4.89. The Bertz CT molecular complexity index is 187. The van der Waals surface area contributed by atoms with E-state index in [9.17, 15) is 9.90 Å². The number of carbonyl (C=O) groups is 1. The van der Waals surface area contributed by atoms with Gasteiger partial charge in [-0.3, -0.25) is 4.79 Å². The van der Waals surface area contributed by atoms with Gasteiger partial charge in [-0.25, -0.2) is 0 Å². The van der Waals surface area contributed by atoms with Gasteiger partial charge in [-0.15, -0.1) is 0 Å². The first-order chi connectivity index (χ1) is 6.00. The SMILES string of the molecule is CC(C)CC1CC(C(C)O)OC1=O. The lowest BCUT2D eigenvalue weighted by atomic mass is 9.93. The number of ether oxygens (including phenoxy) is 1. The highest BCUT2D eigenvalue weighted by molar-refractivity contribution is 5.74. The number of carbonyl (C=O) groups excluding carboxylic acids is 1. The quantitative estimate of drug-likeness (QED) is 0.677. The fourth-order valence-corrected chi connectivity index (χ4v) is 1.73. The summed E-state index contributed by atoms with van der Waals surface area (Å²) in [5, 5.41) is 9.24. The molecule has 1 fully saturated rings. The maximum atomic E-state index is 11.3. The average molecular weight is 186 g/mol. The zero-order chi connectivity index (χ0) is 10.0. The number of rotatable bonds is 3. The summed E-state index contributed by atoms with van der Waals surface area (Å²) in [7, 11) is 0. The van der Waals surface area contributed by atoms with Crippen molar-refractivity contribution < 1.29 is 14.6 Å². The lowest BCUT2D eigenvalue weighted by molar-refractivity contribution is -0.147. The molecule has 0 radical (unpaired) electrons. The molecule has 0 aromatic carbocycles. The summed E-state index contributed by atoms with van der Waals surface area (Å²) in [6.07, 6.45) is 0.717. The fraction of sp³-hybridized carbons (Fsp3) is 0.900. The van der Waals surface area contributed by atoms with Crippen LogP contribution in [-0.4, -0.2) is 23.3 Å². The van der Waals surface area contributed by atoms with Crippen LogP contribution in [0.1, 0.15) is 33.6 Å². The number of cyclic esters (lactones) is 1. The van der Waals surface area contributed by atoms with Gasteiger partial charge in [0.1, 0.15) is 6.10 Å². The van der Waals surface area contributed by atoms with Gasteiger partial charge in [-0.1, -0.05) is 13.8 Å². The Morgan fingerprint density at radius 1 is 1.54 bits per heavy atom. The molecule has 0 bridgehead atoms. The molecule has 1 saturated heterocycles. The van der Waals surface area contributed by atoms with E-state index in [-0.39, 0.29) is 18.0 Å². The Balaban J connectivity index is 2.47. The van der Waals surface area contributed by atoms with E-state index < -0.39 is 6.10 Å². The molecule has 76 valence electrons. The normalized spacial score (nSPS) is 30.7. The third-order valence-corrected chi connectivity index (χ3v) is 2.41. The molecule has 13 heavy (non-hydrogen) atoms. The minimum absolute atomic E-state index is 0.000370. The van der Waals surface area contributed by atoms with Gasteiger partial charge in [0.25, 0.3) is 0 Å². The molecule has 3 atom stereocenters. The molecular weight excluding hydrogens is 168 g/mol. The minimum atomic E-state index is -0.541. The number of esters is 1. The van der Waals surface area contributed by atoms with Crippen molar-refractivity contribution in [2.45, 2.75) is 45.8 Å². The van der Waals surface area contributed by atoms with Crippen LogP contribution in [0.25, 0.3) is 0 Å². The molecule has 1 aliphatic rings. The summed E-state index contributed by atoms with van der Waals surface area (Å²) >= 11 is 0. The van der Waals surface area contributed by atoms with Gasteiger partial charge >= 0.3 is 5.97 Å². The number of aliphatic hydroxyl groups excluding tert-OH is 1. The summed E-state index contributed by atoms with van der Waals surface area (Å²) in [4.78, 5) is 11.3. The van der Waals surface area contributed by atoms with Crippen LogP contribution < -0.4 is 0 Å². The molecule has 3 heteroatoms. The first kappa shape index (κ1) is 10.5. The van der Waals surface area contributed by atoms with Crippen molar-refractivity contribution in [3.05, 3.63) is 0 Å². The fourth-order valence-electron chi connectivity index (χ4n) is 1.73. The van der Waals surface area contributed by atoms with E-state index in [4.69, 9.17) is 4.74 Å². The van der Waals surface area contributed by atoms with Gasteiger partial charge < -0.3 is 9.84 Å². The molecule has 1 heterocycles. The van der Waals surface area contributed by atoms with Crippen LogP contribution in [0.2, 0.25) is 0 Å². The molecule has 0 aliphatic carbocycles. The van der Waals surface area contributed by atoms with Gasteiger partial charge in [0.2, 0.25) is 0 Å². The van der Waals surface area contributed by atoms with Crippen molar-refractivity contribution in [2.75, 3.05) is 0 Å². The van der Waals surface area contributed by atoms with Crippen molar-refractivity contribution in [2.24, 2.45) is 11.8 Å². The smallest absolute Gasteiger partial charge is 0.309 e. The minimum Gasteiger partial charge on any atom is -0.459 e. The third kappa shape index (κ3) is 2.69. The molecule has 1 aliphatic heterocycles. The Labute approximate surface area is 79.1 Å². The Morgan fingerprint density at radius 2 is 2.15 bits per heavy atom. The van der Waals surface area contributed by atoms with Crippen LogP contribution in [0, 0.1) is 11.8 Å². The molecule has 0 amide bonds. The zero-order valence-electron chi connectivity index (χ0n) is 8.49. The van der Waals surface area contributed by atoms with Gasteiger partial charge in [0, 0.05) is 6.42 Å². The Morgan fingerprint density at radius 3 is 2.54 bits per heavy atom. The van der Waals surface area contributed by atoms with Gasteiger partial charge in [0.15, 0.2) is 0 Å². The van der Waals surface area contributed by atoms with Gasteiger partial charge in [0.05, 0.1) is 12.0 Å². The maximum Gasteiger partial charge on any atom is 0.309 e. The number of hydrogen-bond acceptors (Lipinski definition) is 3. The van der Waals surface area contributed by atoms with E-state index in [1.807, 2.05) is 0 Å². The van der Waals surface area contributed by atoms with Crippen LogP contribution in [0.4, 0.5) is 0 Å². The Kier molecular flexibility index (Phi) is 3.31. The number of hydrogen-bond donors (Lipinski definition) is 1. The standard InChI is InChI=1S/C10H18O3/c1-6(2)4-8-5-9(7(3)11)13-10(8)12/h6-9,11H,4-5H2,1-3H3. The van der Waals surface area contributed by atoms with E-state index in [0.29, 0.717) is 12.3 Å². The molecule has 3 nitrogen and oxygen atoms in total. The molecular formula is C10H18O3. The summed E-state index contributed by atoms with van der Waals surface area (Å²) in [5.74, 6) is 0.365. The molecule has 0 aromatic rings. The largest absolute Gasteiger partial charge is 0.459 e. The number of aliphatic hydroxyl groups is 1. The highest BCUT2D eigenvalue weighted by atomic mass is 16.6. The topological polar surface area (TPSA) is 46.5 Å². The lowest BCUT2D eigenvalue weighted by Gasteiger charge is -2.11. The zero-order valence-corrected chi connectivity index (χ0v) is 8.49. The second-order valence-corrected chi connectivity index (χ2v) is 4.28.